The molecule has 0 fully saturated rings. The Kier molecular flexibility index (Phi) is 3.14. The van der Waals surface area contributed by atoms with Crippen LogP contribution in [0.4, 0.5) is 14.6 Å². The molecule has 0 atom stereocenters. The van der Waals surface area contributed by atoms with Crippen molar-refractivity contribution < 1.29 is 8.78 Å². The number of alkyl halides is 2. The number of hydrogen-bond donors (Lipinski definition) is 1. The Hall–Kier alpha value is -2.21. The molecule has 2 N–H and O–H groups in total. The van der Waals surface area contributed by atoms with Gasteiger partial charge in [0.15, 0.2) is 0 Å². The number of rotatable bonds is 2. The molecule has 0 aliphatic heterocycles. The van der Waals surface area contributed by atoms with Crippen LogP contribution in [0.1, 0.15) is 23.2 Å². The predicted octanol–water partition coefficient (Wildman–Crippen LogP) is 1.54. The van der Waals surface area contributed by atoms with Gasteiger partial charge in [0.1, 0.15) is 17.6 Å². The first kappa shape index (κ1) is 10.9. The standard InChI is InChI=1S/C9H6F2N4/c10-8(11)6-3-5(1-2-12)7(4-13)15-9(6)14/h3,8H,1H2,(H2,14,15). The number of nitrogens with two attached hydrogens (primary N) is 1. The third-order valence-electron chi connectivity index (χ3n) is 1.77. The Balaban J connectivity index is 3.33. The second-order valence-electron chi connectivity index (χ2n) is 2.72. The molecule has 0 bridgehead atoms. The lowest BCUT2D eigenvalue weighted by Gasteiger charge is -2.06. The van der Waals surface area contributed by atoms with Crippen molar-refractivity contribution in [1.82, 2.24) is 4.98 Å². The Bertz CT molecular complexity index is 456. The summed E-state index contributed by atoms with van der Waals surface area (Å²) in [4.78, 5) is 3.52. The highest BCUT2D eigenvalue weighted by molar-refractivity contribution is 5.48. The molecule has 1 aromatic heterocycles. The van der Waals surface area contributed by atoms with Crippen molar-refractivity contribution in [2.45, 2.75) is 12.8 Å². The fourth-order valence-electron chi connectivity index (χ4n) is 1.08. The van der Waals surface area contributed by atoms with Gasteiger partial charge in [-0.25, -0.2) is 13.8 Å². The van der Waals surface area contributed by atoms with E-state index in [1.807, 2.05) is 0 Å². The van der Waals surface area contributed by atoms with Gasteiger partial charge in [-0.1, -0.05) is 0 Å². The maximum atomic E-state index is 12.4. The second-order valence-corrected chi connectivity index (χ2v) is 2.72. The summed E-state index contributed by atoms with van der Waals surface area (Å²) >= 11 is 0. The van der Waals surface area contributed by atoms with Crippen LogP contribution in [0.3, 0.4) is 0 Å². The SMILES string of the molecule is N#CCc1cc(C(F)F)c(N)nc1C#N. The lowest BCUT2D eigenvalue weighted by Crippen LogP contribution is -2.03. The number of aromatic nitrogens is 1. The summed E-state index contributed by atoms with van der Waals surface area (Å²) in [5, 5.41) is 17.1. The molecule has 15 heavy (non-hydrogen) atoms. The molecule has 0 spiro atoms. The molecule has 1 rings (SSSR count). The van der Waals surface area contributed by atoms with E-state index in [4.69, 9.17) is 16.3 Å². The quantitative estimate of drug-likeness (QED) is 0.798. The van der Waals surface area contributed by atoms with Crippen molar-refractivity contribution in [3.05, 3.63) is 22.9 Å². The number of hydrogen-bond acceptors (Lipinski definition) is 4. The highest BCUT2D eigenvalue weighted by Gasteiger charge is 2.16. The van der Waals surface area contributed by atoms with Crippen LogP contribution in [-0.2, 0) is 6.42 Å². The lowest BCUT2D eigenvalue weighted by atomic mass is 10.1. The van der Waals surface area contributed by atoms with Crippen molar-refractivity contribution in [2.75, 3.05) is 5.73 Å². The minimum Gasteiger partial charge on any atom is -0.383 e. The van der Waals surface area contributed by atoms with E-state index in [1.165, 1.54) is 0 Å². The molecule has 0 aliphatic carbocycles. The van der Waals surface area contributed by atoms with E-state index in [1.54, 1.807) is 12.1 Å². The fraction of sp³-hybridized carbons (Fsp3) is 0.222. The zero-order chi connectivity index (χ0) is 11.4. The van der Waals surface area contributed by atoms with Gasteiger partial charge in [0, 0.05) is 5.56 Å². The van der Waals surface area contributed by atoms with Crippen LogP contribution in [-0.4, -0.2) is 4.98 Å². The lowest BCUT2D eigenvalue weighted by molar-refractivity contribution is 0.152. The van der Waals surface area contributed by atoms with E-state index in [0.29, 0.717) is 0 Å². The average Bonchev–Trinajstić information content (AvgIpc) is 2.20. The first-order valence-electron chi connectivity index (χ1n) is 3.94. The zero-order valence-corrected chi connectivity index (χ0v) is 7.54. The van der Waals surface area contributed by atoms with Gasteiger partial charge in [0.05, 0.1) is 18.1 Å². The Labute approximate surface area is 84.6 Å². The molecular formula is C9H6F2N4. The van der Waals surface area contributed by atoms with Gasteiger partial charge < -0.3 is 5.73 Å². The number of halogens is 2. The summed E-state index contributed by atoms with van der Waals surface area (Å²) in [5.74, 6) is -0.372. The Morgan fingerprint density at radius 3 is 2.60 bits per heavy atom. The molecule has 76 valence electrons. The molecule has 0 saturated carbocycles. The number of nitriles is 2. The van der Waals surface area contributed by atoms with Crippen LogP contribution in [0.15, 0.2) is 6.07 Å². The van der Waals surface area contributed by atoms with Gasteiger partial charge in [-0.2, -0.15) is 10.5 Å². The van der Waals surface area contributed by atoms with Crippen molar-refractivity contribution in [3.8, 4) is 12.1 Å². The third kappa shape index (κ3) is 2.18. The van der Waals surface area contributed by atoms with Gasteiger partial charge >= 0.3 is 0 Å². The van der Waals surface area contributed by atoms with E-state index >= 15 is 0 Å². The van der Waals surface area contributed by atoms with Gasteiger partial charge in [0.25, 0.3) is 6.43 Å². The molecule has 0 radical (unpaired) electrons. The normalized spacial score (nSPS) is 9.67. The van der Waals surface area contributed by atoms with Gasteiger partial charge in [0.2, 0.25) is 0 Å². The molecule has 0 saturated heterocycles. The number of nitrogens with zero attached hydrogens (tertiary/aromatic N) is 3. The summed E-state index contributed by atoms with van der Waals surface area (Å²) < 4.78 is 24.8. The third-order valence-corrected chi connectivity index (χ3v) is 1.77. The Morgan fingerprint density at radius 2 is 2.13 bits per heavy atom. The minimum atomic E-state index is -2.76. The molecule has 1 aromatic rings. The predicted molar refractivity (Wildman–Crippen MR) is 47.6 cm³/mol. The van der Waals surface area contributed by atoms with Gasteiger partial charge in [-0.3, -0.25) is 0 Å². The summed E-state index contributed by atoms with van der Waals surface area (Å²) in [6.45, 7) is 0. The maximum absolute atomic E-state index is 12.4. The van der Waals surface area contributed by atoms with Gasteiger partial charge in [-0.15, -0.1) is 0 Å². The largest absolute Gasteiger partial charge is 0.383 e. The average molecular weight is 208 g/mol. The first-order chi connectivity index (χ1) is 7.10. The van der Waals surface area contributed by atoms with E-state index in [0.717, 1.165) is 6.07 Å². The zero-order valence-electron chi connectivity index (χ0n) is 7.54. The molecule has 4 nitrogen and oxygen atoms in total. The van der Waals surface area contributed by atoms with E-state index in [9.17, 15) is 8.78 Å². The number of nitrogen functional groups attached to an aromatic ring is 1. The van der Waals surface area contributed by atoms with Crippen LogP contribution >= 0.6 is 0 Å². The minimum absolute atomic E-state index is 0.0848. The van der Waals surface area contributed by atoms with Crippen LogP contribution in [0.25, 0.3) is 0 Å². The molecule has 0 amide bonds. The summed E-state index contributed by atoms with van der Waals surface area (Å²) in [6.07, 6.45) is -2.90. The van der Waals surface area contributed by atoms with Crippen LogP contribution in [0, 0.1) is 22.7 Å². The summed E-state index contributed by atoms with van der Waals surface area (Å²) in [6, 6.07) is 4.52. The number of pyridine rings is 1. The van der Waals surface area contributed by atoms with Crippen molar-refractivity contribution in [1.29, 1.82) is 10.5 Å². The highest BCUT2D eigenvalue weighted by atomic mass is 19.3. The van der Waals surface area contributed by atoms with E-state index in [-0.39, 0.29) is 23.5 Å². The van der Waals surface area contributed by atoms with E-state index < -0.39 is 12.0 Å². The molecule has 0 aromatic carbocycles. The van der Waals surface area contributed by atoms with Crippen molar-refractivity contribution in [2.24, 2.45) is 0 Å². The van der Waals surface area contributed by atoms with Crippen LogP contribution < -0.4 is 5.73 Å². The summed E-state index contributed by atoms with van der Waals surface area (Å²) in [5.41, 5.74) is 4.88. The van der Waals surface area contributed by atoms with Gasteiger partial charge in [-0.05, 0) is 6.07 Å². The second kappa shape index (κ2) is 4.34. The first-order valence-corrected chi connectivity index (χ1v) is 3.94. The summed E-state index contributed by atoms with van der Waals surface area (Å²) in [7, 11) is 0. The van der Waals surface area contributed by atoms with Crippen molar-refractivity contribution in [3.63, 3.8) is 0 Å². The molecule has 0 unspecified atom stereocenters. The Morgan fingerprint density at radius 1 is 1.47 bits per heavy atom. The fourth-order valence-corrected chi connectivity index (χ4v) is 1.08. The van der Waals surface area contributed by atoms with Crippen LogP contribution in [0.5, 0.6) is 0 Å². The maximum Gasteiger partial charge on any atom is 0.267 e. The molecule has 1 heterocycles. The molecule has 0 aliphatic rings. The number of anilines is 1. The molecule has 6 heteroatoms. The highest BCUT2D eigenvalue weighted by Crippen LogP contribution is 2.25. The monoisotopic (exact) mass is 208 g/mol. The van der Waals surface area contributed by atoms with E-state index in [2.05, 4.69) is 4.98 Å². The smallest absolute Gasteiger partial charge is 0.267 e. The van der Waals surface area contributed by atoms with Crippen LogP contribution in [0.2, 0.25) is 0 Å². The molecular weight excluding hydrogens is 202 g/mol. The van der Waals surface area contributed by atoms with Crippen molar-refractivity contribution >= 4 is 5.82 Å². The topological polar surface area (TPSA) is 86.5 Å².